The molecule has 0 atom stereocenters. The van der Waals surface area contributed by atoms with Crippen molar-refractivity contribution in [2.45, 2.75) is 6.92 Å². The zero-order valence-electron chi connectivity index (χ0n) is 10.9. The monoisotopic (exact) mass is 248 g/mol. The zero-order chi connectivity index (χ0) is 13.3. The van der Waals surface area contributed by atoms with Crippen LogP contribution in [0, 0.1) is 6.92 Å². The van der Waals surface area contributed by atoms with Gasteiger partial charge in [-0.15, -0.1) is 0 Å². The number of methoxy groups -OCH3 is 3. The van der Waals surface area contributed by atoms with Crippen molar-refractivity contribution in [1.82, 2.24) is 4.98 Å². The first-order valence-corrected chi connectivity index (χ1v) is 5.48. The van der Waals surface area contributed by atoms with Crippen LogP contribution < -0.4 is 19.9 Å². The molecular formula is C13H16N2O3. The number of ether oxygens (including phenoxy) is 3. The number of nitrogens with zero attached hydrogens (tertiary/aromatic N) is 1. The second kappa shape index (κ2) is 4.60. The second-order valence-corrected chi connectivity index (χ2v) is 3.89. The van der Waals surface area contributed by atoms with Crippen LogP contribution in [-0.2, 0) is 0 Å². The van der Waals surface area contributed by atoms with Crippen molar-refractivity contribution in [2.24, 2.45) is 0 Å². The van der Waals surface area contributed by atoms with Crippen LogP contribution in [-0.4, -0.2) is 26.3 Å². The van der Waals surface area contributed by atoms with E-state index in [4.69, 9.17) is 19.9 Å². The molecule has 1 aromatic carbocycles. The van der Waals surface area contributed by atoms with E-state index in [1.165, 1.54) is 0 Å². The summed E-state index contributed by atoms with van der Waals surface area (Å²) in [5.41, 5.74) is 8.20. The molecule has 0 aliphatic carbocycles. The normalized spacial score (nSPS) is 10.4. The third kappa shape index (κ3) is 1.77. The van der Waals surface area contributed by atoms with Crippen LogP contribution in [0.1, 0.15) is 5.69 Å². The van der Waals surface area contributed by atoms with E-state index in [9.17, 15) is 0 Å². The molecule has 96 valence electrons. The molecule has 0 saturated carbocycles. The number of nitrogen functional groups attached to an aromatic ring is 1. The minimum absolute atomic E-state index is 0.518. The van der Waals surface area contributed by atoms with E-state index in [1.54, 1.807) is 33.5 Å². The molecule has 2 aromatic rings. The fourth-order valence-electron chi connectivity index (χ4n) is 2.03. The molecule has 2 rings (SSSR count). The molecule has 0 amide bonds. The predicted molar refractivity (Wildman–Crippen MR) is 70.5 cm³/mol. The van der Waals surface area contributed by atoms with Crippen LogP contribution in [0.2, 0.25) is 0 Å². The molecular weight excluding hydrogens is 232 g/mol. The van der Waals surface area contributed by atoms with Gasteiger partial charge in [0, 0.05) is 17.4 Å². The van der Waals surface area contributed by atoms with Gasteiger partial charge in [-0.05, 0) is 13.0 Å². The van der Waals surface area contributed by atoms with Crippen molar-refractivity contribution in [2.75, 3.05) is 27.1 Å². The lowest BCUT2D eigenvalue weighted by molar-refractivity contribution is 0.327. The highest BCUT2D eigenvalue weighted by Gasteiger charge is 2.18. The number of hydrogen-bond acceptors (Lipinski definition) is 5. The number of nitrogens with two attached hydrogens (primary N) is 1. The molecule has 0 unspecified atom stereocenters. The van der Waals surface area contributed by atoms with Gasteiger partial charge in [0.15, 0.2) is 11.5 Å². The Morgan fingerprint density at radius 2 is 1.67 bits per heavy atom. The van der Waals surface area contributed by atoms with E-state index in [1.807, 2.05) is 6.92 Å². The molecule has 0 bridgehead atoms. The molecule has 18 heavy (non-hydrogen) atoms. The molecule has 5 heteroatoms. The van der Waals surface area contributed by atoms with Crippen molar-refractivity contribution in [3.05, 3.63) is 17.8 Å². The number of anilines is 1. The van der Waals surface area contributed by atoms with Crippen LogP contribution in [0.4, 0.5) is 5.69 Å². The fraction of sp³-hybridized carbons (Fsp3) is 0.308. The summed E-state index contributed by atoms with van der Waals surface area (Å²) in [6.07, 6.45) is 0. The van der Waals surface area contributed by atoms with Gasteiger partial charge in [0.2, 0.25) is 5.75 Å². The molecule has 0 saturated heterocycles. The number of aryl methyl sites for hydroxylation is 1. The number of fused-ring (bicyclic) bond motifs is 1. The van der Waals surface area contributed by atoms with Gasteiger partial charge in [0.1, 0.15) is 0 Å². The first-order valence-electron chi connectivity index (χ1n) is 5.48. The minimum Gasteiger partial charge on any atom is -0.493 e. The Labute approximate surface area is 105 Å². The van der Waals surface area contributed by atoms with Crippen LogP contribution in [0.25, 0.3) is 10.9 Å². The molecule has 2 N–H and O–H groups in total. The average molecular weight is 248 g/mol. The Morgan fingerprint density at radius 1 is 1.00 bits per heavy atom. The number of pyridine rings is 1. The van der Waals surface area contributed by atoms with Gasteiger partial charge in [-0.2, -0.15) is 0 Å². The van der Waals surface area contributed by atoms with E-state index < -0.39 is 0 Å². The van der Waals surface area contributed by atoms with E-state index >= 15 is 0 Å². The highest BCUT2D eigenvalue weighted by molar-refractivity contribution is 5.99. The summed E-state index contributed by atoms with van der Waals surface area (Å²) >= 11 is 0. The van der Waals surface area contributed by atoms with Crippen LogP contribution in [0.15, 0.2) is 12.1 Å². The number of rotatable bonds is 3. The zero-order valence-corrected chi connectivity index (χ0v) is 10.9. The molecule has 1 heterocycles. The van der Waals surface area contributed by atoms with Gasteiger partial charge in [0.05, 0.1) is 32.2 Å². The molecule has 0 aliphatic rings. The quantitative estimate of drug-likeness (QED) is 0.901. The van der Waals surface area contributed by atoms with Crippen molar-refractivity contribution in [1.29, 1.82) is 0 Å². The Kier molecular flexibility index (Phi) is 3.14. The minimum atomic E-state index is 0.518. The summed E-state index contributed by atoms with van der Waals surface area (Å²) in [6.45, 7) is 1.89. The Hall–Kier alpha value is -2.17. The van der Waals surface area contributed by atoms with E-state index in [0.717, 1.165) is 16.6 Å². The molecule has 1 aromatic heterocycles. The molecule has 0 radical (unpaired) electrons. The van der Waals surface area contributed by atoms with Gasteiger partial charge in [-0.3, -0.25) is 4.98 Å². The van der Waals surface area contributed by atoms with Gasteiger partial charge < -0.3 is 19.9 Å². The van der Waals surface area contributed by atoms with E-state index in [0.29, 0.717) is 22.9 Å². The molecule has 0 spiro atoms. The Bertz CT molecular complexity index is 597. The van der Waals surface area contributed by atoms with Gasteiger partial charge in [-0.1, -0.05) is 0 Å². The standard InChI is InChI=1S/C13H16N2O3/c1-7-5-8(14)11-9(15-7)6-10(16-2)12(17-3)13(11)18-4/h5-6H,1-4H3,(H2,14,15). The summed E-state index contributed by atoms with van der Waals surface area (Å²) in [7, 11) is 4.70. The highest BCUT2D eigenvalue weighted by atomic mass is 16.5. The maximum absolute atomic E-state index is 6.03. The third-order valence-electron chi connectivity index (χ3n) is 2.76. The lowest BCUT2D eigenvalue weighted by atomic mass is 10.1. The Balaban J connectivity index is 2.92. The van der Waals surface area contributed by atoms with Crippen molar-refractivity contribution in [3.63, 3.8) is 0 Å². The largest absolute Gasteiger partial charge is 0.493 e. The lowest BCUT2D eigenvalue weighted by Gasteiger charge is -2.15. The maximum atomic E-state index is 6.03. The maximum Gasteiger partial charge on any atom is 0.204 e. The summed E-state index contributed by atoms with van der Waals surface area (Å²) in [5, 5.41) is 0.737. The number of benzene rings is 1. The smallest absolute Gasteiger partial charge is 0.204 e. The average Bonchev–Trinajstić information content (AvgIpc) is 2.35. The topological polar surface area (TPSA) is 66.6 Å². The number of aromatic nitrogens is 1. The summed E-state index contributed by atoms with van der Waals surface area (Å²) in [5.74, 6) is 1.63. The number of hydrogen-bond donors (Lipinski definition) is 1. The van der Waals surface area contributed by atoms with E-state index in [-0.39, 0.29) is 0 Å². The lowest BCUT2D eigenvalue weighted by Crippen LogP contribution is -2.00. The van der Waals surface area contributed by atoms with Gasteiger partial charge in [-0.25, -0.2) is 0 Å². The predicted octanol–water partition coefficient (Wildman–Crippen LogP) is 2.15. The second-order valence-electron chi connectivity index (χ2n) is 3.89. The molecule has 5 nitrogen and oxygen atoms in total. The molecule has 0 fully saturated rings. The van der Waals surface area contributed by atoms with E-state index in [2.05, 4.69) is 4.98 Å². The van der Waals surface area contributed by atoms with Crippen LogP contribution >= 0.6 is 0 Å². The SMILES string of the molecule is COc1cc2nc(C)cc(N)c2c(OC)c1OC. The van der Waals surface area contributed by atoms with Gasteiger partial charge >= 0.3 is 0 Å². The summed E-state index contributed by atoms with van der Waals surface area (Å²) < 4.78 is 16.0. The van der Waals surface area contributed by atoms with Crippen molar-refractivity contribution in [3.8, 4) is 17.2 Å². The fourth-order valence-corrected chi connectivity index (χ4v) is 2.03. The first kappa shape index (κ1) is 12.3. The highest BCUT2D eigenvalue weighted by Crippen LogP contribution is 2.44. The third-order valence-corrected chi connectivity index (χ3v) is 2.76. The van der Waals surface area contributed by atoms with Crippen LogP contribution in [0.5, 0.6) is 17.2 Å². The molecule has 0 aliphatic heterocycles. The Morgan fingerprint density at radius 3 is 2.22 bits per heavy atom. The first-order chi connectivity index (χ1) is 8.62. The summed E-state index contributed by atoms with van der Waals surface area (Å²) in [4.78, 5) is 4.43. The van der Waals surface area contributed by atoms with Crippen molar-refractivity contribution < 1.29 is 14.2 Å². The van der Waals surface area contributed by atoms with Gasteiger partial charge in [0.25, 0.3) is 0 Å². The van der Waals surface area contributed by atoms with Crippen molar-refractivity contribution >= 4 is 16.6 Å². The van der Waals surface area contributed by atoms with Crippen LogP contribution in [0.3, 0.4) is 0 Å². The summed E-state index contributed by atoms with van der Waals surface area (Å²) in [6, 6.07) is 3.59.